The van der Waals surface area contributed by atoms with Crippen LogP contribution in [0.2, 0.25) is 0 Å². The van der Waals surface area contributed by atoms with Crippen LogP contribution in [0.5, 0.6) is 5.75 Å². The van der Waals surface area contributed by atoms with Crippen molar-refractivity contribution in [2.45, 2.75) is 0 Å². The number of carbonyl (C=O) groups is 2. The molecule has 1 aromatic rings. The van der Waals surface area contributed by atoms with Crippen LogP contribution in [0.3, 0.4) is 0 Å². The Morgan fingerprint density at radius 3 is 2.64 bits per heavy atom. The summed E-state index contributed by atoms with van der Waals surface area (Å²) in [6, 6.07) is 4.07. The van der Waals surface area contributed by atoms with Crippen molar-refractivity contribution >= 4 is 11.8 Å². The zero-order valence-corrected chi connectivity index (χ0v) is 12.7. The van der Waals surface area contributed by atoms with E-state index in [-0.39, 0.29) is 23.8 Å². The fourth-order valence-electron chi connectivity index (χ4n) is 2.52. The van der Waals surface area contributed by atoms with Crippen molar-refractivity contribution in [3.05, 3.63) is 29.6 Å². The van der Waals surface area contributed by atoms with Crippen LogP contribution in [0.15, 0.2) is 18.2 Å². The lowest BCUT2D eigenvalue weighted by atomic mass is 10.1. The minimum Gasteiger partial charge on any atom is -0.494 e. The van der Waals surface area contributed by atoms with E-state index in [1.165, 1.54) is 19.2 Å². The van der Waals surface area contributed by atoms with Crippen molar-refractivity contribution < 1.29 is 18.7 Å². The standard InChI is InChI=1S/C15H20FN3O3/c1-18-5-6-19(9-11(8-18)14(17)20)15(21)10-3-4-13(22-2)12(16)7-10/h3-4,7,11H,5-6,8-9H2,1-2H3,(H2,17,20)/t11-/m0/s1. The highest BCUT2D eigenvalue weighted by atomic mass is 19.1. The molecule has 2 amide bonds. The van der Waals surface area contributed by atoms with Crippen LogP contribution in [0.4, 0.5) is 4.39 Å². The monoisotopic (exact) mass is 309 g/mol. The number of nitrogens with zero attached hydrogens (tertiary/aromatic N) is 2. The number of hydrogen-bond acceptors (Lipinski definition) is 4. The first-order valence-electron chi connectivity index (χ1n) is 7.03. The zero-order valence-electron chi connectivity index (χ0n) is 12.7. The molecular formula is C15H20FN3O3. The van der Waals surface area contributed by atoms with Gasteiger partial charge in [-0.05, 0) is 25.2 Å². The maximum Gasteiger partial charge on any atom is 0.254 e. The van der Waals surface area contributed by atoms with Crippen molar-refractivity contribution in [2.75, 3.05) is 40.3 Å². The Hall–Kier alpha value is -2.15. The van der Waals surface area contributed by atoms with Gasteiger partial charge in [-0.3, -0.25) is 9.59 Å². The number of nitrogens with two attached hydrogens (primary N) is 1. The molecule has 0 aliphatic carbocycles. The minimum atomic E-state index is -0.591. The van der Waals surface area contributed by atoms with Gasteiger partial charge in [-0.2, -0.15) is 0 Å². The lowest BCUT2D eigenvalue weighted by Gasteiger charge is -2.22. The van der Waals surface area contributed by atoms with Gasteiger partial charge in [-0.25, -0.2) is 4.39 Å². The number of primary amides is 1. The van der Waals surface area contributed by atoms with E-state index >= 15 is 0 Å². The Bertz CT molecular complexity index is 579. The lowest BCUT2D eigenvalue weighted by Crippen LogP contribution is -2.40. The highest BCUT2D eigenvalue weighted by Gasteiger charge is 2.28. The largest absolute Gasteiger partial charge is 0.494 e. The molecule has 120 valence electrons. The van der Waals surface area contributed by atoms with Crippen molar-refractivity contribution in [3.8, 4) is 5.75 Å². The van der Waals surface area contributed by atoms with E-state index in [0.717, 1.165) is 6.07 Å². The molecule has 22 heavy (non-hydrogen) atoms. The quantitative estimate of drug-likeness (QED) is 0.873. The van der Waals surface area contributed by atoms with Gasteiger partial charge in [0.1, 0.15) is 0 Å². The predicted molar refractivity (Wildman–Crippen MR) is 79.0 cm³/mol. The van der Waals surface area contributed by atoms with Crippen LogP contribution in [0, 0.1) is 11.7 Å². The van der Waals surface area contributed by atoms with Crippen LogP contribution in [0.1, 0.15) is 10.4 Å². The van der Waals surface area contributed by atoms with Gasteiger partial charge in [0.15, 0.2) is 11.6 Å². The van der Waals surface area contributed by atoms with Gasteiger partial charge in [-0.1, -0.05) is 0 Å². The average molecular weight is 309 g/mol. The number of ether oxygens (including phenoxy) is 1. The third kappa shape index (κ3) is 3.54. The molecule has 1 aromatic carbocycles. The Labute approximate surface area is 128 Å². The summed E-state index contributed by atoms with van der Waals surface area (Å²) >= 11 is 0. The molecule has 0 bridgehead atoms. The summed E-state index contributed by atoms with van der Waals surface area (Å²) in [7, 11) is 3.24. The molecule has 0 spiro atoms. The second kappa shape index (κ2) is 6.74. The molecule has 7 heteroatoms. The van der Waals surface area contributed by atoms with E-state index in [4.69, 9.17) is 10.5 Å². The van der Waals surface area contributed by atoms with E-state index < -0.39 is 17.6 Å². The number of methoxy groups -OCH3 is 1. The highest BCUT2D eigenvalue weighted by molar-refractivity contribution is 5.94. The molecular weight excluding hydrogens is 289 g/mol. The maximum absolute atomic E-state index is 13.7. The van der Waals surface area contributed by atoms with Gasteiger partial charge in [0, 0.05) is 31.7 Å². The Balaban J connectivity index is 2.20. The fourth-order valence-corrected chi connectivity index (χ4v) is 2.52. The van der Waals surface area contributed by atoms with Gasteiger partial charge < -0.3 is 20.3 Å². The van der Waals surface area contributed by atoms with Crippen LogP contribution in [-0.4, -0.2) is 62.0 Å². The van der Waals surface area contributed by atoms with E-state index in [0.29, 0.717) is 19.6 Å². The van der Waals surface area contributed by atoms with Gasteiger partial charge in [-0.15, -0.1) is 0 Å². The number of benzene rings is 1. The van der Waals surface area contributed by atoms with Crippen LogP contribution < -0.4 is 10.5 Å². The molecule has 1 saturated heterocycles. The second-order valence-corrected chi connectivity index (χ2v) is 5.46. The smallest absolute Gasteiger partial charge is 0.254 e. The molecule has 1 atom stereocenters. The minimum absolute atomic E-state index is 0.0853. The number of halogens is 1. The average Bonchev–Trinajstić information content (AvgIpc) is 2.68. The number of amides is 2. The molecule has 1 aliphatic rings. The summed E-state index contributed by atoms with van der Waals surface area (Å²) in [5.74, 6) is -1.69. The molecule has 1 aliphatic heterocycles. The third-order valence-electron chi connectivity index (χ3n) is 3.81. The van der Waals surface area contributed by atoms with Gasteiger partial charge >= 0.3 is 0 Å². The van der Waals surface area contributed by atoms with Gasteiger partial charge in [0.2, 0.25) is 5.91 Å². The topological polar surface area (TPSA) is 75.9 Å². The van der Waals surface area contributed by atoms with Crippen molar-refractivity contribution in [3.63, 3.8) is 0 Å². The number of carbonyl (C=O) groups excluding carboxylic acids is 2. The first-order chi connectivity index (χ1) is 10.4. The summed E-state index contributed by atoms with van der Waals surface area (Å²) in [5.41, 5.74) is 5.61. The van der Waals surface area contributed by atoms with Crippen molar-refractivity contribution in [2.24, 2.45) is 11.7 Å². The van der Waals surface area contributed by atoms with E-state index in [1.54, 1.807) is 4.90 Å². The van der Waals surface area contributed by atoms with Crippen LogP contribution >= 0.6 is 0 Å². The molecule has 6 nitrogen and oxygen atoms in total. The maximum atomic E-state index is 13.7. The van der Waals surface area contributed by atoms with Crippen molar-refractivity contribution in [1.82, 2.24) is 9.80 Å². The van der Waals surface area contributed by atoms with E-state index in [1.807, 2.05) is 11.9 Å². The van der Waals surface area contributed by atoms with Gasteiger partial charge in [0.25, 0.3) is 5.91 Å². The first kappa shape index (κ1) is 16.2. The first-order valence-corrected chi connectivity index (χ1v) is 7.03. The molecule has 2 N–H and O–H groups in total. The van der Waals surface area contributed by atoms with Crippen LogP contribution in [0.25, 0.3) is 0 Å². The third-order valence-corrected chi connectivity index (χ3v) is 3.81. The molecule has 0 radical (unpaired) electrons. The number of likely N-dealkylation sites (N-methyl/N-ethyl adjacent to an activating group) is 1. The molecule has 2 rings (SSSR count). The Morgan fingerprint density at radius 2 is 2.05 bits per heavy atom. The molecule has 1 fully saturated rings. The molecule has 0 saturated carbocycles. The normalized spacial score (nSPS) is 19.6. The SMILES string of the molecule is COc1ccc(C(=O)N2CCN(C)C[C@H](C(N)=O)C2)cc1F. The number of hydrogen-bond donors (Lipinski definition) is 1. The lowest BCUT2D eigenvalue weighted by molar-refractivity contribution is -0.122. The van der Waals surface area contributed by atoms with Crippen LogP contribution in [-0.2, 0) is 4.79 Å². The summed E-state index contributed by atoms with van der Waals surface area (Å²) in [6.07, 6.45) is 0. The summed E-state index contributed by atoms with van der Waals surface area (Å²) < 4.78 is 18.6. The number of rotatable bonds is 3. The Morgan fingerprint density at radius 1 is 1.32 bits per heavy atom. The zero-order chi connectivity index (χ0) is 16.3. The van der Waals surface area contributed by atoms with Gasteiger partial charge in [0.05, 0.1) is 13.0 Å². The predicted octanol–water partition coefficient (Wildman–Crippen LogP) is 0.323. The summed E-state index contributed by atoms with van der Waals surface area (Å²) in [4.78, 5) is 27.5. The van der Waals surface area contributed by atoms with E-state index in [9.17, 15) is 14.0 Å². The summed E-state index contributed by atoms with van der Waals surface area (Å²) in [6.45, 7) is 1.85. The molecule has 1 heterocycles. The molecule has 0 unspecified atom stereocenters. The van der Waals surface area contributed by atoms with Crippen molar-refractivity contribution in [1.29, 1.82) is 0 Å². The highest BCUT2D eigenvalue weighted by Crippen LogP contribution is 2.19. The molecule has 0 aromatic heterocycles. The Kier molecular flexibility index (Phi) is 4.97. The van der Waals surface area contributed by atoms with E-state index in [2.05, 4.69) is 0 Å². The fraction of sp³-hybridized carbons (Fsp3) is 0.467. The summed E-state index contributed by atoms with van der Waals surface area (Å²) in [5, 5.41) is 0. The second-order valence-electron chi connectivity index (χ2n) is 5.46.